The highest BCUT2D eigenvalue weighted by atomic mass is 19.4. The lowest BCUT2D eigenvalue weighted by Gasteiger charge is -2.16. The molecule has 134 valence electrons. The van der Waals surface area contributed by atoms with E-state index in [1.165, 1.54) is 18.3 Å². The SMILES string of the molecule is CC(F)(F)c1cc(C(F)(F)F)nc2c1ccc1[nH]c(-c3cnco3)nc12. The fourth-order valence-corrected chi connectivity index (χ4v) is 2.72. The molecule has 0 saturated carbocycles. The number of nitrogens with one attached hydrogen (secondary N) is 1. The second-order valence-electron chi connectivity index (χ2n) is 5.75. The number of halogens is 5. The molecule has 0 atom stereocenters. The molecule has 0 spiro atoms. The van der Waals surface area contributed by atoms with Crippen LogP contribution in [0.3, 0.4) is 0 Å². The van der Waals surface area contributed by atoms with Gasteiger partial charge in [-0.05, 0) is 12.1 Å². The number of oxazole rings is 1. The first-order valence-electron chi connectivity index (χ1n) is 7.32. The van der Waals surface area contributed by atoms with Crippen molar-refractivity contribution in [2.24, 2.45) is 0 Å². The first-order valence-corrected chi connectivity index (χ1v) is 7.32. The number of imidazole rings is 1. The molecule has 26 heavy (non-hydrogen) atoms. The van der Waals surface area contributed by atoms with Gasteiger partial charge in [0.25, 0.3) is 5.92 Å². The van der Waals surface area contributed by atoms with Gasteiger partial charge in [-0.15, -0.1) is 0 Å². The van der Waals surface area contributed by atoms with Gasteiger partial charge in [0.1, 0.15) is 11.2 Å². The number of rotatable bonds is 2. The second kappa shape index (κ2) is 5.23. The lowest BCUT2D eigenvalue weighted by Crippen LogP contribution is -2.14. The Morgan fingerprint density at radius 2 is 1.81 bits per heavy atom. The number of benzene rings is 1. The van der Waals surface area contributed by atoms with Gasteiger partial charge >= 0.3 is 6.18 Å². The van der Waals surface area contributed by atoms with E-state index in [9.17, 15) is 22.0 Å². The number of hydrogen-bond donors (Lipinski definition) is 1. The van der Waals surface area contributed by atoms with Crippen LogP contribution in [0.4, 0.5) is 22.0 Å². The minimum Gasteiger partial charge on any atom is -0.440 e. The van der Waals surface area contributed by atoms with Gasteiger partial charge in [-0.1, -0.05) is 6.07 Å². The molecule has 1 aromatic carbocycles. The van der Waals surface area contributed by atoms with E-state index in [-0.39, 0.29) is 28.0 Å². The summed E-state index contributed by atoms with van der Waals surface area (Å²) in [5.74, 6) is -3.03. The maximum Gasteiger partial charge on any atom is 0.433 e. The van der Waals surface area contributed by atoms with Crippen molar-refractivity contribution in [2.45, 2.75) is 19.0 Å². The van der Waals surface area contributed by atoms with E-state index in [2.05, 4.69) is 19.9 Å². The van der Waals surface area contributed by atoms with E-state index >= 15 is 0 Å². The fourth-order valence-electron chi connectivity index (χ4n) is 2.72. The van der Waals surface area contributed by atoms with Crippen molar-refractivity contribution in [3.8, 4) is 11.6 Å². The van der Waals surface area contributed by atoms with Crippen LogP contribution in [0.5, 0.6) is 0 Å². The Morgan fingerprint density at radius 1 is 1.04 bits per heavy atom. The number of hydrogen-bond acceptors (Lipinski definition) is 4. The summed E-state index contributed by atoms with van der Waals surface area (Å²) in [6.07, 6.45) is -2.35. The first kappa shape index (κ1) is 16.4. The maximum absolute atomic E-state index is 13.9. The highest BCUT2D eigenvalue weighted by Gasteiger charge is 2.37. The number of nitrogens with zero attached hydrogens (tertiary/aromatic N) is 3. The molecule has 5 nitrogen and oxygen atoms in total. The standard InChI is InChI=1S/C16H9F5N4O/c1-15(17,18)8-4-11(16(19,20)21)24-12-7(8)2-3-9-13(12)25-14(23-9)10-5-22-6-26-10/h2-6H,1H3,(H,23,25). The molecule has 0 aliphatic heterocycles. The van der Waals surface area contributed by atoms with Gasteiger partial charge in [-0.25, -0.2) is 23.7 Å². The van der Waals surface area contributed by atoms with E-state index in [0.717, 1.165) is 6.39 Å². The van der Waals surface area contributed by atoms with Crippen LogP contribution in [-0.2, 0) is 12.1 Å². The summed E-state index contributed by atoms with van der Waals surface area (Å²) >= 11 is 0. The Morgan fingerprint density at radius 3 is 2.42 bits per heavy atom. The summed E-state index contributed by atoms with van der Waals surface area (Å²) in [6, 6.07) is 3.12. The van der Waals surface area contributed by atoms with Crippen LogP contribution in [0.25, 0.3) is 33.5 Å². The zero-order valence-electron chi connectivity index (χ0n) is 13.0. The summed E-state index contributed by atoms with van der Waals surface area (Å²) in [7, 11) is 0. The first-order chi connectivity index (χ1) is 12.1. The summed E-state index contributed by atoms with van der Waals surface area (Å²) in [5, 5.41) is -0.103. The minimum atomic E-state index is -4.87. The Balaban J connectivity index is 2.09. The molecule has 0 radical (unpaired) electrons. The number of pyridine rings is 1. The molecule has 0 bridgehead atoms. The number of fused-ring (bicyclic) bond motifs is 3. The lowest BCUT2D eigenvalue weighted by atomic mass is 10.0. The Labute approximate surface area is 141 Å². The van der Waals surface area contributed by atoms with Crippen molar-refractivity contribution in [3.63, 3.8) is 0 Å². The molecule has 3 aromatic heterocycles. The quantitative estimate of drug-likeness (QED) is 0.511. The number of aromatic nitrogens is 4. The number of H-pyrrole nitrogens is 1. The van der Waals surface area contributed by atoms with Crippen LogP contribution in [-0.4, -0.2) is 19.9 Å². The van der Waals surface area contributed by atoms with Crippen molar-refractivity contribution < 1.29 is 26.4 Å². The molecule has 10 heteroatoms. The third kappa shape index (κ3) is 2.57. The normalized spacial score (nSPS) is 13.0. The van der Waals surface area contributed by atoms with Gasteiger partial charge in [-0.3, -0.25) is 0 Å². The number of aromatic amines is 1. The molecule has 4 rings (SSSR count). The van der Waals surface area contributed by atoms with Gasteiger partial charge in [0.05, 0.1) is 17.2 Å². The second-order valence-corrected chi connectivity index (χ2v) is 5.75. The van der Waals surface area contributed by atoms with Crippen LogP contribution < -0.4 is 0 Å². The lowest BCUT2D eigenvalue weighted by molar-refractivity contribution is -0.141. The summed E-state index contributed by atoms with van der Waals surface area (Å²) in [5.41, 5.74) is -2.07. The van der Waals surface area contributed by atoms with Crippen LogP contribution >= 0.6 is 0 Å². The van der Waals surface area contributed by atoms with E-state index < -0.39 is 23.4 Å². The van der Waals surface area contributed by atoms with Crippen molar-refractivity contribution in [1.82, 2.24) is 19.9 Å². The summed E-state index contributed by atoms with van der Waals surface area (Å²) in [6.45, 7) is 0.538. The average Bonchev–Trinajstić information content (AvgIpc) is 3.20. The predicted octanol–water partition coefficient (Wildman–Crippen LogP) is 4.90. The highest BCUT2D eigenvalue weighted by molar-refractivity contribution is 6.04. The van der Waals surface area contributed by atoms with Crippen LogP contribution in [0.15, 0.2) is 35.2 Å². The topological polar surface area (TPSA) is 67.6 Å². The molecule has 0 aliphatic rings. The van der Waals surface area contributed by atoms with Crippen LogP contribution in [0.1, 0.15) is 18.2 Å². The summed E-state index contributed by atoms with van der Waals surface area (Å²) < 4.78 is 72.4. The largest absolute Gasteiger partial charge is 0.440 e. The molecule has 0 aliphatic carbocycles. The molecule has 0 saturated heterocycles. The van der Waals surface area contributed by atoms with E-state index in [1.807, 2.05) is 0 Å². The molecule has 0 amide bonds. The van der Waals surface area contributed by atoms with Gasteiger partial charge in [-0.2, -0.15) is 13.2 Å². The Bertz CT molecular complexity index is 1110. The number of alkyl halides is 5. The van der Waals surface area contributed by atoms with Crippen molar-refractivity contribution in [1.29, 1.82) is 0 Å². The third-order valence-corrected chi connectivity index (χ3v) is 3.86. The van der Waals surface area contributed by atoms with Gasteiger partial charge in [0.15, 0.2) is 18.0 Å². The highest BCUT2D eigenvalue weighted by Crippen LogP contribution is 2.39. The maximum atomic E-state index is 13.9. The van der Waals surface area contributed by atoms with Gasteiger partial charge < -0.3 is 9.40 Å². The van der Waals surface area contributed by atoms with Gasteiger partial charge in [0, 0.05) is 17.9 Å². The van der Waals surface area contributed by atoms with Crippen LogP contribution in [0.2, 0.25) is 0 Å². The zero-order valence-corrected chi connectivity index (χ0v) is 13.0. The monoisotopic (exact) mass is 368 g/mol. The fraction of sp³-hybridized carbons (Fsp3) is 0.188. The minimum absolute atomic E-state index is 0.0329. The van der Waals surface area contributed by atoms with E-state index in [1.54, 1.807) is 0 Å². The molecule has 3 heterocycles. The van der Waals surface area contributed by atoms with Crippen LogP contribution in [0, 0.1) is 0 Å². The van der Waals surface area contributed by atoms with Crippen molar-refractivity contribution in [3.05, 3.63) is 42.0 Å². The predicted molar refractivity (Wildman–Crippen MR) is 81.5 cm³/mol. The molecule has 0 fully saturated rings. The zero-order chi connectivity index (χ0) is 18.7. The third-order valence-electron chi connectivity index (χ3n) is 3.86. The smallest absolute Gasteiger partial charge is 0.433 e. The Kier molecular flexibility index (Phi) is 3.30. The van der Waals surface area contributed by atoms with Gasteiger partial charge in [0.2, 0.25) is 0 Å². The molecule has 4 aromatic rings. The Hall–Kier alpha value is -3.04. The van der Waals surface area contributed by atoms with Crippen molar-refractivity contribution >= 4 is 21.9 Å². The molecule has 1 N–H and O–H groups in total. The average molecular weight is 368 g/mol. The van der Waals surface area contributed by atoms with Crippen molar-refractivity contribution in [2.75, 3.05) is 0 Å². The molecular weight excluding hydrogens is 359 g/mol. The molecule has 0 unspecified atom stereocenters. The van der Waals surface area contributed by atoms with E-state index in [4.69, 9.17) is 4.42 Å². The van der Waals surface area contributed by atoms with E-state index in [0.29, 0.717) is 18.5 Å². The molecular formula is C16H9F5N4O. The summed E-state index contributed by atoms with van der Waals surface area (Å²) in [4.78, 5) is 14.3.